The summed E-state index contributed by atoms with van der Waals surface area (Å²) in [7, 11) is 0. The van der Waals surface area contributed by atoms with Crippen LogP contribution in [0.1, 0.15) is 92.7 Å². The monoisotopic (exact) mass is 523 g/mol. The number of aromatic nitrogens is 2. The van der Waals surface area contributed by atoms with Gasteiger partial charge in [0.2, 0.25) is 11.8 Å². The summed E-state index contributed by atoms with van der Waals surface area (Å²) in [5.74, 6) is 1.68. The van der Waals surface area contributed by atoms with Crippen LogP contribution in [0.15, 0.2) is 65.7 Å². The second kappa shape index (κ2) is 10.0. The minimum atomic E-state index is -0.635. The molecule has 1 aromatic heterocycles. The highest BCUT2D eigenvalue weighted by Gasteiger charge is 2.52. The third kappa shape index (κ3) is 4.71. The van der Waals surface area contributed by atoms with Gasteiger partial charge in [-0.2, -0.15) is 4.98 Å². The number of halogens is 2. The van der Waals surface area contributed by atoms with E-state index in [0.29, 0.717) is 41.1 Å². The van der Waals surface area contributed by atoms with Crippen molar-refractivity contribution >= 4 is 29.1 Å². The standard InChI is InChI=1S/C29H31Cl2N3O2/c1-4-15-29(3)17-23(20-7-6-8-22(31)16-20)25(18-11-13-21(30)14-12-18)34(28(29)35)24(5-2)27-32-26(33-36-27)19-9-10-19/h4,6-8,11-14,16,19,23-25H,1,5,9-10,15,17H2,2-3H3. The topological polar surface area (TPSA) is 59.2 Å². The number of hydrogen-bond donors (Lipinski definition) is 0. The minimum absolute atomic E-state index is 0.00704. The molecule has 0 spiro atoms. The van der Waals surface area contributed by atoms with Crippen LogP contribution in [0.4, 0.5) is 0 Å². The fraction of sp³-hybridized carbons (Fsp3) is 0.414. The number of likely N-dealkylation sites (tertiary alicyclic amines) is 1. The number of amides is 1. The molecule has 1 amide bonds. The van der Waals surface area contributed by atoms with Gasteiger partial charge in [-0.3, -0.25) is 4.79 Å². The van der Waals surface area contributed by atoms with E-state index in [1.54, 1.807) is 0 Å². The molecule has 2 aliphatic rings. The van der Waals surface area contributed by atoms with E-state index >= 15 is 0 Å². The molecule has 2 fully saturated rings. The van der Waals surface area contributed by atoms with Crippen molar-refractivity contribution in [2.75, 3.05) is 0 Å². The van der Waals surface area contributed by atoms with Gasteiger partial charge in [-0.15, -0.1) is 6.58 Å². The van der Waals surface area contributed by atoms with Gasteiger partial charge in [0.25, 0.3) is 0 Å². The largest absolute Gasteiger partial charge is 0.337 e. The van der Waals surface area contributed by atoms with Gasteiger partial charge in [0.05, 0.1) is 11.5 Å². The molecule has 1 aliphatic heterocycles. The molecule has 188 valence electrons. The highest BCUT2D eigenvalue weighted by Crippen LogP contribution is 2.54. The van der Waals surface area contributed by atoms with Crippen LogP contribution in [-0.4, -0.2) is 20.9 Å². The average Bonchev–Trinajstić information content (AvgIpc) is 3.60. The Morgan fingerprint density at radius 2 is 1.92 bits per heavy atom. The van der Waals surface area contributed by atoms with Crippen LogP contribution in [0, 0.1) is 5.41 Å². The third-order valence-electron chi connectivity index (χ3n) is 7.59. The molecule has 1 aliphatic carbocycles. The molecular weight excluding hydrogens is 493 g/mol. The zero-order valence-electron chi connectivity index (χ0n) is 20.7. The van der Waals surface area contributed by atoms with Gasteiger partial charge >= 0.3 is 0 Å². The van der Waals surface area contributed by atoms with Crippen molar-refractivity contribution in [2.24, 2.45) is 5.41 Å². The maximum Gasteiger partial charge on any atom is 0.249 e. The predicted octanol–water partition coefficient (Wildman–Crippen LogP) is 8.04. The van der Waals surface area contributed by atoms with E-state index in [4.69, 9.17) is 32.7 Å². The van der Waals surface area contributed by atoms with E-state index in [0.717, 1.165) is 29.8 Å². The van der Waals surface area contributed by atoms with Crippen LogP contribution in [0.2, 0.25) is 10.0 Å². The quantitative estimate of drug-likeness (QED) is 0.280. The molecule has 2 heterocycles. The molecular formula is C29H31Cl2N3O2. The van der Waals surface area contributed by atoms with Gasteiger partial charge < -0.3 is 9.42 Å². The van der Waals surface area contributed by atoms with E-state index in [1.165, 1.54) is 0 Å². The molecule has 2 aromatic carbocycles. The maximum absolute atomic E-state index is 14.4. The summed E-state index contributed by atoms with van der Waals surface area (Å²) in [5.41, 5.74) is 1.47. The first-order valence-corrected chi connectivity index (χ1v) is 13.4. The molecule has 4 atom stereocenters. The molecule has 1 saturated carbocycles. The SMILES string of the molecule is C=CCC1(C)CC(c2cccc(Cl)c2)C(c2ccc(Cl)cc2)N(C(CC)c2nc(C3CC3)no2)C1=O. The van der Waals surface area contributed by atoms with Crippen molar-refractivity contribution < 1.29 is 9.32 Å². The van der Waals surface area contributed by atoms with E-state index in [-0.39, 0.29) is 23.9 Å². The van der Waals surface area contributed by atoms with Crippen molar-refractivity contribution in [1.82, 2.24) is 15.0 Å². The van der Waals surface area contributed by atoms with Crippen molar-refractivity contribution in [1.29, 1.82) is 0 Å². The van der Waals surface area contributed by atoms with Gasteiger partial charge in [-0.1, -0.05) is 72.5 Å². The van der Waals surface area contributed by atoms with Crippen molar-refractivity contribution in [3.05, 3.63) is 94.1 Å². The van der Waals surface area contributed by atoms with Gasteiger partial charge in [0.1, 0.15) is 6.04 Å². The van der Waals surface area contributed by atoms with Crippen LogP contribution in [0.25, 0.3) is 0 Å². The summed E-state index contributed by atoms with van der Waals surface area (Å²) in [5, 5.41) is 5.59. The summed E-state index contributed by atoms with van der Waals surface area (Å²) in [4.78, 5) is 21.2. The number of hydrogen-bond acceptors (Lipinski definition) is 4. The van der Waals surface area contributed by atoms with Crippen molar-refractivity contribution in [2.45, 2.75) is 69.9 Å². The first-order chi connectivity index (χ1) is 17.3. The summed E-state index contributed by atoms with van der Waals surface area (Å²) in [6.45, 7) is 8.06. The first-order valence-electron chi connectivity index (χ1n) is 12.6. The maximum atomic E-state index is 14.4. The molecule has 5 rings (SSSR count). The molecule has 0 bridgehead atoms. The smallest absolute Gasteiger partial charge is 0.249 e. The Morgan fingerprint density at radius 1 is 1.17 bits per heavy atom. The number of nitrogens with zero attached hydrogens (tertiary/aromatic N) is 3. The Morgan fingerprint density at radius 3 is 2.56 bits per heavy atom. The van der Waals surface area contributed by atoms with Crippen LogP contribution in [-0.2, 0) is 4.79 Å². The Balaban J connectivity index is 1.68. The molecule has 3 aromatic rings. The molecule has 5 nitrogen and oxygen atoms in total. The average molecular weight is 524 g/mol. The van der Waals surface area contributed by atoms with Crippen LogP contribution >= 0.6 is 23.2 Å². The Kier molecular flexibility index (Phi) is 6.97. The van der Waals surface area contributed by atoms with E-state index in [1.807, 2.05) is 60.4 Å². The number of piperidine rings is 1. The number of carbonyl (C=O) groups excluding carboxylic acids is 1. The molecule has 0 radical (unpaired) electrons. The lowest BCUT2D eigenvalue weighted by atomic mass is 9.67. The van der Waals surface area contributed by atoms with Gasteiger partial charge in [-0.25, -0.2) is 0 Å². The molecule has 4 unspecified atom stereocenters. The molecule has 36 heavy (non-hydrogen) atoms. The van der Waals surface area contributed by atoms with Crippen molar-refractivity contribution in [3.63, 3.8) is 0 Å². The highest BCUT2D eigenvalue weighted by molar-refractivity contribution is 6.30. The fourth-order valence-electron chi connectivity index (χ4n) is 5.61. The Labute approximate surface area is 222 Å². The first kappa shape index (κ1) is 25.0. The van der Waals surface area contributed by atoms with E-state index in [2.05, 4.69) is 24.7 Å². The van der Waals surface area contributed by atoms with Gasteiger partial charge in [0, 0.05) is 21.9 Å². The number of benzene rings is 2. The van der Waals surface area contributed by atoms with Crippen molar-refractivity contribution in [3.8, 4) is 0 Å². The van der Waals surface area contributed by atoms with Crippen LogP contribution in [0.3, 0.4) is 0 Å². The second-order valence-electron chi connectivity index (χ2n) is 10.3. The molecule has 0 N–H and O–H groups in total. The normalized spacial score (nSPS) is 25.1. The Hall–Kier alpha value is -2.63. The van der Waals surface area contributed by atoms with E-state index in [9.17, 15) is 4.79 Å². The lowest BCUT2D eigenvalue weighted by Crippen LogP contribution is -2.53. The van der Waals surface area contributed by atoms with Gasteiger partial charge in [0.15, 0.2) is 5.82 Å². The van der Waals surface area contributed by atoms with Gasteiger partial charge in [-0.05, 0) is 67.5 Å². The molecule has 1 saturated heterocycles. The predicted molar refractivity (Wildman–Crippen MR) is 142 cm³/mol. The third-order valence-corrected chi connectivity index (χ3v) is 8.08. The fourth-order valence-corrected chi connectivity index (χ4v) is 5.94. The van der Waals surface area contributed by atoms with E-state index < -0.39 is 5.41 Å². The number of rotatable bonds is 8. The lowest BCUT2D eigenvalue weighted by Gasteiger charge is -2.51. The van der Waals surface area contributed by atoms with Crippen LogP contribution in [0.5, 0.6) is 0 Å². The second-order valence-corrected chi connectivity index (χ2v) is 11.2. The highest BCUT2D eigenvalue weighted by atomic mass is 35.5. The Bertz CT molecular complexity index is 1250. The minimum Gasteiger partial charge on any atom is -0.337 e. The molecule has 7 heteroatoms. The lowest BCUT2D eigenvalue weighted by molar-refractivity contribution is -0.155. The summed E-state index contributed by atoms with van der Waals surface area (Å²) in [6.07, 6.45) is 5.89. The van der Waals surface area contributed by atoms with Crippen LogP contribution < -0.4 is 0 Å². The zero-order valence-corrected chi connectivity index (χ0v) is 22.2. The summed E-state index contributed by atoms with van der Waals surface area (Å²) in [6, 6.07) is 15.1. The number of carbonyl (C=O) groups is 1. The number of allylic oxidation sites excluding steroid dienone is 1. The summed E-state index contributed by atoms with van der Waals surface area (Å²) >= 11 is 12.7. The summed E-state index contributed by atoms with van der Waals surface area (Å²) < 4.78 is 5.79. The zero-order chi connectivity index (χ0) is 25.4.